The zero-order valence-electron chi connectivity index (χ0n) is 20.3. The van der Waals surface area contributed by atoms with Gasteiger partial charge in [-0.05, 0) is 37.0 Å². The number of nitrogens with two attached hydrogens (primary N) is 1. The molecule has 1 aromatic rings. The van der Waals surface area contributed by atoms with E-state index in [-0.39, 0.29) is 11.8 Å². The number of ether oxygens (including phenoxy) is 1. The number of piperidine rings is 1. The van der Waals surface area contributed by atoms with E-state index >= 15 is 0 Å². The van der Waals surface area contributed by atoms with Crippen molar-refractivity contribution in [1.82, 2.24) is 4.90 Å². The number of likely N-dealkylation sites (tertiary alicyclic amines) is 1. The Labute approximate surface area is 199 Å². The monoisotopic (exact) mass is 481 g/mol. The molecule has 2 aliphatic heterocycles. The van der Waals surface area contributed by atoms with Crippen LogP contribution in [0.25, 0.3) is 0 Å². The molecule has 0 saturated carbocycles. The third-order valence-electron chi connectivity index (χ3n) is 7.37. The molecule has 8 nitrogen and oxygen atoms in total. The average Bonchev–Trinajstić information content (AvgIpc) is 2.78. The normalized spacial score (nSPS) is 25.9. The Morgan fingerprint density at radius 1 is 1.27 bits per heavy atom. The summed E-state index contributed by atoms with van der Waals surface area (Å²) in [4.78, 5) is 14.7. The topological polar surface area (TPSA) is 102 Å². The van der Waals surface area contributed by atoms with E-state index in [0.29, 0.717) is 38.0 Å². The molecule has 2 unspecified atom stereocenters. The van der Waals surface area contributed by atoms with Crippen LogP contribution in [0.1, 0.15) is 38.7 Å². The number of nitrogens with zero attached hydrogens (tertiary/aromatic N) is 2. The minimum absolute atomic E-state index is 0.0713. The number of amides is 1. The number of hydrogen-bond donors (Lipinski definition) is 2. The Morgan fingerprint density at radius 3 is 2.55 bits per heavy atom. The maximum absolute atomic E-state index is 12.9. The lowest BCUT2D eigenvalue weighted by Crippen LogP contribution is -2.61. The minimum atomic E-state index is -3.30. The largest absolute Gasteiger partial charge is 0.378 e. The van der Waals surface area contributed by atoms with Gasteiger partial charge >= 0.3 is 0 Å². The highest BCUT2D eigenvalue weighted by Gasteiger charge is 2.41. The molecule has 0 radical (unpaired) electrons. The van der Waals surface area contributed by atoms with Crippen molar-refractivity contribution >= 4 is 21.6 Å². The average molecular weight is 482 g/mol. The lowest BCUT2D eigenvalue weighted by Gasteiger charge is -2.49. The fourth-order valence-corrected chi connectivity index (χ4v) is 6.05. The molecule has 3 rings (SSSR count). The number of carbonyl (C=O) groups excluding carboxylic acids is 1. The number of hydrogen-bond acceptors (Lipinski definition) is 5. The molecule has 9 heteroatoms. The van der Waals surface area contributed by atoms with Crippen LogP contribution in [-0.4, -0.2) is 88.0 Å². The smallest absolute Gasteiger partial charge is 0.239 e. The molecule has 0 bridgehead atoms. The molecule has 1 amide bonds. The Kier molecular flexibility index (Phi) is 8.77. The van der Waals surface area contributed by atoms with E-state index in [1.54, 1.807) is 6.07 Å². The SMILES string of the molecule is CCC[N+]1(C(C)Cc2cccc(NS(C)(=O)=O)c2)CCC(C(N)C(=O)N2CCOCC2)CC1. The predicted molar refractivity (Wildman–Crippen MR) is 131 cm³/mol. The van der Waals surface area contributed by atoms with Crippen LogP contribution in [0.15, 0.2) is 24.3 Å². The van der Waals surface area contributed by atoms with E-state index in [2.05, 4.69) is 24.6 Å². The maximum Gasteiger partial charge on any atom is 0.239 e. The molecule has 2 aliphatic rings. The molecule has 186 valence electrons. The lowest BCUT2D eigenvalue weighted by atomic mass is 9.86. The van der Waals surface area contributed by atoms with Gasteiger partial charge < -0.3 is 19.9 Å². The summed E-state index contributed by atoms with van der Waals surface area (Å²) in [5.41, 5.74) is 8.19. The van der Waals surface area contributed by atoms with Crippen molar-refractivity contribution in [2.45, 2.75) is 51.6 Å². The van der Waals surface area contributed by atoms with Gasteiger partial charge in [-0.3, -0.25) is 9.52 Å². The second-order valence-corrected chi connectivity index (χ2v) is 11.6. The van der Waals surface area contributed by atoms with Crippen molar-refractivity contribution in [2.75, 3.05) is 56.9 Å². The number of carbonyl (C=O) groups is 1. The van der Waals surface area contributed by atoms with Gasteiger partial charge in [0.25, 0.3) is 0 Å². The van der Waals surface area contributed by atoms with E-state index in [9.17, 15) is 13.2 Å². The van der Waals surface area contributed by atoms with Crippen molar-refractivity contribution in [3.05, 3.63) is 29.8 Å². The Balaban J connectivity index is 1.63. The van der Waals surface area contributed by atoms with Crippen LogP contribution in [0.5, 0.6) is 0 Å². The van der Waals surface area contributed by atoms with E-state index in [1.807, 2.05) is 17.0 Å². The molecule has 0 spiro atoms. The van der Waals surface area contributed by atoms with Crippen molar-refractivity contribution in [2.24, 2.45) is 11.7 Å². The Morgan fingerprint density at radius 2 is 1.94 bits per heavy atom. The van der Waals surface area contributed by atoms with E-state index in [4.69, 9.17) is 10.5 Å². The van der Waals surface area contributed by atoms with Crippen LogP contribution in [0.4, 0.5) is 5.69 Å². The predicted octanol–water partition coefficient (Wildman–Crippen LogP) is 1.81. The van der Waals surface area contributed by atoms with Crippen LogP contribution in [0.2, 0.25) is 0 Å². The Hall–Kier alpha value is -1.68. The van der Waals surface area contributed by atoms with Gasteiger partial charge in [-0.25, -0.2) is 8.42 Å². The van der Waals surface area contributed by atoms with Crippen LogP contribution in [0, 0.1) is 5.92 Å². The molecule has 33 heavy (non-hydrogen) atoms. The summed E-state index contributed by atoms with van der Waals surface area (Å²) in [6.07, 6.45) is 5.06. The molecule has 1 aromatic carbocycles. The molecule has 0 aromatic heterocycles. The highest BCUT2D eigenvalue weighted by atomic mass is 32.2. The third-order valence-corrected chi connectivity index (χ3v) is 7.98. The number of anilines is 1. The van der Waals surface area contributed by atoms with Gasteiger partial charge in [0.1, 0.15) is 0 Å². The number of rotatable bonds is 9. The molecular formula is C24H41N4O4S+. The first-order chi connectivity index (χ1) is 15.6. The fourth-order valence-electron chi connectivity index (χ4n) is 5.50. The first-order valence-corrected chi connectivity index (χ1v) is 14.1. The third kappa shape index (κ3) is 6.91. The van der Waals surface area contributed by atoms with E-state index in [1.165, 1.54) is 6.26 Å². The molecule has 3 N–H and O–H groups in total. The van der Waals surface area contributed by atoms with Gasteiger partial charge in [-0.1, -0.05) is 19.1 Å². The highest BCUT2D eigenvalue weighted by Crippen LogP contribution is 2.31. The van der Waals surface area contributed by atoms with Crippen LogP contribution < -0.4 is 10.5 Å². The van der Waals surface area contributed by atoms with Gasteiger partial charge in [0.15, 0.2) is 0 Å². The van der Waals surface area contributed by atoms with Crippen LogP contribution >= 0.6 is 0 Å². The number of sulfonamides is 1. The van der Waals surface area contributed by atoms with Crippen molar-refractivity contribution in [3.63, 3.8) is 0 Å². The van der Waals surface area contributed by atoms with Crippen LogP contribution in [0.3, 0.4) is 0 Å². The fraction of sp³-hybridized carbons (Fsp3) is 0.708. The zero-order valence-corrected chi connectivity index (χ0v) is 21.1. The summed E-state index contributed by atoms with van der Waals surface area (Å²) in [6.45, 7) is 10.1. The van der Waals surface area contributed by atoms with Gasteiger partial charge in [0, 0.05) is 38.0 Å². The summed E-state index contributed by atoms with van der Waals surface area (Å²) in [5.74, 6) is 0.292. The number of morpholine rings is 1. The molecule has 0 aliphatic carbocycles. The molecular weight excluding hydrogens is 440 g/mol. The molecule has 2 saturated heterocycles. The van der Waals surface area contributed by atoms with E-state index in [0.717, 1.165) is 55.4 Å². The van der Waals surface area contributed by atoms with Gasteiger partial charge in [0.2, 0.25) is 15.9 Å². The molecule has 2 atom stereocenters. The highest BCUT2D eigenvalue weighted by molar-refractivity contribution is 7.92. The minimum Gasteiger partial charge on any atom is -0.378 e. The second kappa shape index (κ2) is 11.2. The summed E-state index contributed by atoms with van der Waals surface area (Å²) < 4.78 is 32.2. The lowest BCUT2D eigenvalue weighted by molar-refractivity contribution is -0.954. The molecule has 2 heterocycles. The van der Waals surface area contributed by atoms with Crippen LogP contribution in [-0.2, 0) is 26.0 Å². The van der Waals surface area contributed by atoms with Crippen molar-refractivity contribution < 1.29 is 22.4 Å². The van der Waals surface area contributed by atoms with Gasteiger partial charge in [-0.15, -0.1) is 0 Å². The maximum atomic E-state index is 12.9. The van der Waals surface area contributed by atoms with Crippen molar-refractivity contribution in [1.29, 1.82) is 0 Å². The van der Waals surface area contributed by atoms with E-state index < -0.39 is 16.1 Å². The Bertz CT molecular complexity index is 893. The summed E-state index contributed by atoms with van der Waals surface area (Å²) in [6, 6.07) is 7.65. The number of quaternary nitrogens is 1. The van der Waals surface area contributed by atoms with Gasteiger partial charge in [0.05, 0.1) is 51.2 Å². The quantitative estimate of drug-likeness (QED) is 0.524. The summed E-state index contributed by atoms with van der Waals surface area (Å²) in [7, 11) is -3.30. The summed E-state index contributed by atoms with van der Waals surface area (Å²) in [5, 5.41) is 0. The standard InChI is InChI=1S/C24H41N4O4S/c1-4-12-28(19(2)17-20-6-5-7-22(18-20)26-33(3,30)31)13-8-21(9-14-28)23(25)24(29)27-10-15-32-16-11-27/h5-7,18-19,21,23,26H,4,8-17,25H2,1-3H3/q+1. The zero-order chi connectivity index (χ0) is 24.1. The van der Waals surface area contributed by atoms with Gasteiger partial charge in [-0.2, -0.15) is 0 Å². The number of nitrogens with one attached hydrogen (secondary N) is 1. The second-order valence-electron chi connectivity index (χ2n) is 9.82. The number of benzene rings is 1. The summed E-state index contributed by atoms with van der Waals surface area (Å²) >= 11 is 0. The van der Waals surface area contributed by atoms with Crippen molar-refractivity contribution in [3.8, 4) is 0 Å². The first-order valence-electron chi connectivity index (χ1n) is 12.2. The molecule has 2 fully saturated rings. The first kappa shape index (κ1) is 25.9.